The molecule has 1 radical (unpaired) electrons. The van der Waals surface area contributed by atoms with Crippen molar-refractivity contribution in [3.63, 3.8) is 0 Å². The number of aromatic nitrogens is 1. The van der Waals surface area contributed by atoms with Crippen LogP contribution in [-0.4, -0.2) is 17.3 Å². The first-order valence-corrected chi connectivity index (χ1v) is 3.74. The molecule has 12 heavy (non-hydrogen) atoms. The van der Waals surface area contributed by atoms with E-state index in [-0.39, 0.29) is 5.78 Å². The zero-order valence-electron chi connectivity index (χ0n) is 6.79. The van der Waals surface area contributed by atoms with E-state index in [4.69, 9.17) is 0 Å². The Labute approximate surface area is 71.8 Å². The fourth-order valence-corrected chi connectivity index (χ4v) is 0.833. The number of carbonyl (C=O) groups excluding carboxylic acids is 1. The maximum Gasteiger partial charge on any atom is 0.147 e. The van der Waals surface area contributed by atoms with Crippen LogP contribution in [0.3, 0.4) is 0 Å². The van der Waals surface area contributed by atoms with Crippen LogP contribution in [0.5, 0.6) is 0 Å². The number of nitrogens with zero attached hydrogens (tertiary/aromatic N) is 1. The van der Waals surface area contributed by atoms with E-state index in [1.807, 2.05) is 18.2 Å². The Morgan fingerprint density at radius 1 is 1.58 bits per heavy atom. The fourth-order valence-electron chi connectivity index (χ4n) is 0.833. The minimum absolute atomic E-state index is 0.106. The zero-order chi connectivity index (χ0) is 8.81. The smallest absolute Gasteiger partial charge is 0.147 e. The molecule has 0 bridgehead atoms. The van der Waals surface area contributed by atoms with Crippen molar-refractivity contribution in [2.45, 2.75) is 6.54 Å². The van der Waals surface area contributed by atoms with Crippen LogP contribution >= 0.6 is 0 Å². The summed E-state index contributed by atoms with van der Waals surface area (Å²) >= 11 is 0. The monoisotopic (exact) mass is 163 g/mol. The molecule has 1 N–H and O–H groups in total. The second-order valence-electron chi connectivity index (χ2n) is 2.46. The first-order valence-electron chi connectivity index (χ1n) is 3.74. The molecule has 0 atom stereocenters. The van der Waals surface area contributed by atoms with Gasteiger partial charge in [-0.3, -0.25) is 9.78 Å². The molecule has 0 saturated heterocycles. The summed E-state index contributed by atoms with van der Waals surface area (Å²) in [5, 5.41) is 2.93. The van der Waals surface area contributed by atoms with Crippen LogP contribution in [0.2, 0.25) is 0 Å². The normalized spacial score (nSPS) is 9.75. The van der Waals surface area contributed by atoms with Crippen molar-refractivity contribution in [3.05, 3.63) is 37.0 Å². The highest BCUT2D eigenvalue weighted by Gasteiger charge is 1.93. The summed E-state index contributed by atoms with van der Waals surface area (Å²) in [5.41, 5.74) is 0.929. The molecule has 0 spiro atoms. The van der Waals surface area contributed by atoms with Gasteiger partial charge in [0.05, 0.1) is 12.2 Å². The summed E-state index contributed by atoms with van der Waals surface area (Å²) in [5.74, 6) is -0.106. The van der Waals surface area contributed by atoms with E-state index >= 15 is 0 Å². The van der Waals surface area contributed by atoms with Crippen molar-refractivity contribution in [2.75, 3.05) is 6.54 Å². The SMILES string of the molecule is [CH2]C(=O)CNCc1ccccn1. The summed E-state index contributed by atoms with van der Waals surface area (Å²) in [6.07, 6.45) is 1.73. The summed E-state index contributed by atoms with van der Waals surface area (Å²) in [6, 6.07) is 5.67. The van der Waals surface area contributed by atoms with Gasteiger partial charge in [-0.05, 0) is 12.1 Å². The number of ketones is 1. The largest absolute Gasteiger partial charge is 0.304 e. The predicted molar refractivity (Wildman–Crippen MR) is 46.3 cm³/mol. The fraction of sp³-hybridized carbons (Fsp3) is 0.222. The van der Waals surface area contributed by atoms with Crippen LogP contribution in [0.4, 0.5) is 0 Å². The highest BCUT2D eigenvalue weighted by molar-refractivity contribution is 5.84. The van der Waals surface area contributed by atoms with Crippen LogP contribution in [0, 0.1) is 6.92 Å². The van der Waals surface area contributed by atoms with Gasteiger partial charge in [-0.15, -0.1) is 0 Å². The lowest BCUT2D eigenvalue weighted by atomic mass is 10.3. The van der Waals surface area contributed by atoms with Gasteiger partial charge in [0.1, 0.15) is 5.78 Å². The Hall–Kier alpha value is -1.22. The molecule has 0 unspecified atom stereocenters. The van der Waals surface area contributed by atoms with Crippen LogP contribution < -0.4 is 5.32 Å². The highest BCUT2D eigenvalue weighted by Crippen LogP contribution is 1.90. The maximum atomic E-state index is 10.4. The van der Waals surface area contributed by atoms with Gasteiger partial charge in [-0.25, -0.2) is 0 Å². The molecular formula is C9H11N2O. The molecule has 0 fully saturated rings. The molecule has 0 saturated carbocycles. The standard InChI is InChI=1S/C9H11N2O/c1-8(12)6-10-7-9-4-2-3-5-11-9/h2-5,10H,1,6-7H2. The van der Waals surface area contributed by atoms with Crippen LogP contribution in [0.15, 0.2) is 24.4 Å². The number of carbonyl (C=O) groups is 1. The Morgan fingerprint density at radius 3 is 3.00 bits per heavy atom. The Morgan fingerprint density at radius 2 is 2.42 bits per heavy atom. The van der Waals surface area contributed by atoms with Crippen molar-refractivity contribution in [2.24, 2.45) is 0 Å². The van der Waals surface area contributed by atoms with E-state index in [1.54, 1.807) is 6.20 Å². The van der Waals surface area contributed by atoms with E-state index in [0.29, 0.717) is 13.1 Å². The van der Waals surface area contributed by atoms with Gasteiger partial charge in [0.25, 0.3) is 0 Å². The van der Waals surface area contributed by atoms with E-state index in [2.05, 4.69) is 17.2 Å². The molecule has 0 aromatic carbocycles. The van der Waals surface area contributed by atoms with E-state index in [9.17, 15) is 4.79 Å². The molecule has 1 aromatic rings. The molecule has 1 rings (SSSR count). The first-order chi connectivity index (χ1) is 5.79. The van der Waals surface area contributed by atoms with Crippen molar-refractivity contribution < 1.29 is 4.79 Å². The van der Waals surface area contributed by atoms with E-state index in [1.165, 1.54) is 0 Å². The molecule has 0 aliphatic heterocycles. The van der Waals surface area contributed by atoms with Crippen molar-refractivity contribution in [1.82, 2.24) is 10.3 Å². The summed E-state index contributed by atoms with van der Waals surface area (Å²) in [4.78, 5) is 14.5. The zero-order valence-corrected chi connectivity index (χ0v) is 6.79. The first kappa shape index (κ1) is 8.87. The van der Waals surface area contributed by atoms with Crippen LogP contribution in [0.25, 0.3) is 0 Å². The summed E-state index contributed by atoms with van der Waals surface area (Å²) < 4.78 is 0. The number of hydrogen-bond donors (Lipinski definition) is 1. The van der Waals surface area contributed by atoms with Crippen molar-refractivity contribution in [3.8, 4) is 0 Å². The minimum Gasteiger partial charge on any atom is -0.304 e. The third-order valence-electron chi connectivity index (χ3n) is 1.35. The number of nitrogens with one attached hydrogen (secondary N) is 1. The maximum absolute atomic E-state index is 10.4. The average Bonchev–Trinajstić information content (AvgIpc) is 2.05. The van der Waals surface area contributed by atoms with E-state index in [0.717, 1.165) is 5.69 Å². The molecule has 3 nitrogen and oxygen atoms in total. The second-order valence-corrected chi connectivity index (χ2v) is 2.46. The van der Waals surface area contributed by atoms with Crippen LogP contribution in [-0.2, 0) is 11.3 Å². The Kier molecular flexibility index (Phi) is 3.41. The number of Topliss-reactive ketones (excluding diaryl/α,β-unsaturated/α-hetero) is 1. The van der Waals surface area contributed by atoms with Crippen molar-refractivity contribution >= 4 is 5.78 Å². The van der Waals surface area contributed by atoms with Crippen LogP contribution in [0.1, 0.15) is 5.69 Å². The van der Waals surface area contributed by atoms with Gasteiger partial charge < -0.3 is 5.32 Å². The lowest BCUT2D eigenvalue weighted by Crippen LogP contribution is -2.20. The third kappa shape index (κ3) is 3.25. The second kappa shape index (κ2) is 4.62. The predicted octanol–water partition coefficient (Wildman–Crippen LogP) is 0.574. The molecule has 63 valence electrons. The minimum atomic E-state index is -0.106. The number of rotatable bonds is 4. The van der Waals surface area contributed by atoms with Gasteiger partial charge in [-0.2, -0.15) is 0 Å². The molecule has 1 aromatic heterocycles. The number of hydrogen-bond acceptors (Lipinski definition) is 3. The average molecular weight is 163 g/mol. The quantitative estimate of drug-likeness (QED) is 0.705. The number of pyridine rings is 1. The molecule has 3 heteroatoms. The van der Waals surface area contributed by atoms with E-state index < -0.39 is 0 Å². The molecule has 0 aliphatic carbocycles. The Balaban J connectivity index is 2.29. The summed E-state index contributed by atoms with van der Waals surface area (Å²) in [7, 11) is 0. The van der Waals surface area contributed by atoms with Gasteiger partial charge in [0.2, 0.25) is 0 Å². The van der Waals surface area contributed by atoms with Crippen molar-refractivity contribution in [1.29, 1.82) is 0 Å². The van der Waals surface area contributed by atoms with Gasteiger partial charge in [-0.1, -0.05) is 6.07 Å². The van der Waals surface area contributed by atoms with Gasteiger partial charge in [0, 0.05) is 19.7 Å². The molecule has 0 aliphatic rings. The highest BCUT2D eigenvalue weighted by atomic mass is 16.1. The third-order valence-corrected chi connectivity index (χ3v) is 1.35. The Bertz CT molecular complexity index is 246. The topological polar surface area (TPSA) is 42.0 Å². The summed E-state index contributed by atoms with van der Waals surface area (Å²) in [6.45, 7) is 4.16. The van der Waals surface area contributed by atoms with Gasteiger partial charge in [0.15, 0.2) is 0 Å². The lowest BCUT2D eigenvalue weighted by molar-refractivity contribution is -0.114. The van der Waals surface area contributed by atoms with Gasteiger partial charge >= 0.3 is 0 Å². The molecular weight excluding hydrogens is 152 g/mol. The molecule has 1 heterocycles. The lowest BCUT2D eigenvalue weighted by Gasteiger charge is -1.99. The molecule has 0 amide bonds.